The average molecular weight is 328 g/mol. The Morgan fingerprint density at radius 3 is 2.67 bits per heavy atom. The van der Waals surface area contributed by atoms with E-state index in [2.05, 4.69) is 10.4 Å². The van der Waals surface area contributed by atoms with Crippen molar-refractivity contribution in [2.75, 3.05) is 17.3 Å². The number of benzene rings is 1. The van der Waals surface area contributed by atoms with Crippen LogP contribution in [-0.4, -0.2) is 41.5 Å². The van der Waals surface area contributed by atoms with Gasteiger partial charge in [-0.3, -0.25) is 14.4 Å². The molecular weight excluding hydrogens is 308 g/mol. The SMILES string of the molecule is CC1CCC(=O)N1c1cccc(NC(=O)C2=NN(C)C(=O)CC2)c1. The number of hydrogen-bond donors (Lipinski definition) is 1. The Balaban J connectivity index is 1.75. The molecule has 2 aliphatic rings. The molecule has 2 heterocycles. The maximum absolute atomic E-state index is 12.3. The van der Waals surface area contributed by atoms with E-state index in [1.165, 1.54) is 12.1 Å². The van der Waals surface area contributed by atoms with E-state index in [1.54, 1.807) is 17.0 Å². The third kappa shape index (κ3) is 3.15. The fourth-order valence-corrected chi connectivity index (χ4v) is 3.00. The van der Waals surface area contributed by atoms with Crippen LogP contribution in [0.4, 0.5) is 11.4 Å². The zero-order valence-corrected chi connectivity index (χ0v) is 13.8. The first-order chi connectivity index (χ1) is 11.5. The zero-order valence-electron chi connectivity index (χ0n) is 13.8. The van der Waals surface area contributed by atoms with E-state index in [-0.39, 0.29) is 30.2 Å². The predicted octanol–water partition coefficient (Wildman–Crippen LogP) is 1.75. The molecule has 0 spiro atoms. The van der Waals surface area contributed by atoms with Gasteiger partial charge in [0.2, 0.25) is 11.8 Å². The molecule has 2 aliphatic heterocycles. The molecule has 1 aromatic carbocycles. The van der Waals surface area contributed by atoms with E-state index < -0.39 is 0 Å². The number of hydrogen-bond acceptors (Lipinski definition) is 4. The Morgan fingerprint density at radius 2 is 2.00 bits per heavy atom. The third-order valence-corrected chi connectivity index (χ3v) is 4.34. The first kappa shape index (κ1) is 16.2. The summed E-state index contributed by atoms with van der Waals surface area (Å²) in [6, 6.07) is 7.38. The molecule has 1 saturated heterocycles. The lowest BCUT2D eigenvalue weighted by Gasteiger charge is -2.22. The van der Waals surface area contributed by atoms with Gasteiger partial charge in [-0.15, -0.1) is 0 Å². The summed E-state index contributed by atoms with van der Waals surface area (Å²) in [5.41, 5.74) is 1.71. The van der Waals surface area contributed by atoms with Gasteiger partial charge in [-0.05, 0) is 31.5 Å². The highest BCUT2D eigenvalue weighted by atomic mass is 16.2. The molecule has 1 fully saturated rings. The monoisotopic (exact) mass is 328 g/mol. The highest BCUT2D eigenvalue weighted by Gasteiger charge is 2.29. The van der Waals surface area contributed by atoms with Crippen LogP contribution >= 0.6 is 0 Å². The zero-order chi connectivity index (χ0) is 17.3. The number of anilines is 2. The number of nitrogens with zero attached hydrogens (tertiary/aromatic N) is 3. The minimum Gasteiger partial charge on any atom is -0.321 e. The van der Waals surface area contributed by atoms with Gasteiger partial charge in [0.05, 0.1) is 0 Å². The Kier molecular flexibility index (Phi) is 4.33. The minimum atomic E-state index is -0.327. The standard InChI is InChI=1S/C17H20N4O3/c1-11-6-8-16(23)21(11)13-5-3-4-12(10-13)18-17(24)14-7-9-15(22)20(2)19-14/h3-5,10-11H,6-9H2,1-2H3,(H,18,24). The Morgan fingerprint density at radius 1 is 1.21 bits per heavy atom. The molecule has 1 atom stereocenters. The van der Waals surface area contributed by atoms with Gasteiger partial charge in [-0.1, -0.05) is 6.07 Å². The lowest BCUT2D eigenvalue weighted by Crippen LogP contribution is -2.34. The van der Waals surface area contributed by atoms with Crippen LogP contribution in [0, 0.1) is 0 Å². The van der Waals surface area contributed by atoms with Crippen LogP contribution in [0.3, 0.4) is 0 Å². The smallest absolute Gasteiger partial charge is 0.271 e. The van der Waals surface area contributed by atoms with E-state index in [9.17, 15) is 14.4 Å². The van der Waals surface area contributed by atoms with Crippen LogP contribution in [0.1, 0.15) is 32.6 Å². The van der Waals surface area contributed by atoms with Crippen LogP contribution in [0.25, 0.3) is 0 Å². The molecule has 1 aromatic rings. The van der Waals surface area contributed by atoms with Crippen LogP contribution in [0.2, 0.25) is 0 Å². The summed E-state index contributed by atoms with van der Waals surface area (Å²) in [4.78, 5) is 37.5. The molecular formula is C17H20N4O3. The van der Waals surface area contributed by atoms with Crippen LogP contribution in [0.15, 0.2) is 29.4 Å². The highest BCUT2D eigenvalue weighted by Crippen LogP contribution is 2.28. The summed E-state index contributed by atoms with van der Waals surface area (Å²) < 4.78 is 0. The van der Waals surface area contributed by atoms with E-state index in [0.29, 0.717) is 24.2 Å². The topological polar surface area (TPSA) is 82.1 Å². The number of rotatable bonds is 3. The average Bonchev–Trinajstić information content (AvgIpc) is 2.89. The van der Waals surface area contributed by atoms with Gasteiger partial charge in [-0.2, -0.15) is 5.10 Å². The molecule has 0 saturated carbocycles. The van der Waals surface area contributed by atoms with Crippen LogP contribution in [-0.2, 0) is 14.4 Å². The fourth-order valence-electron chi connectivity index (χ4n) is 3.00. The minimum absolute atomic E-state index is 0.0998. The predicted molar refractivity (Wildman–Crippen MR) is 90.7 cm³/mol. The van der Waals surface area contributed by atoms with Crippen molar-refractivity contribution in [3.05, 3.63) is 24.3 Å². The molecule has 1 N–H and O–H groups in total. The van der Waals surface area contributed by atoms with Crippen molar-refractivity contribution in [1.29, 1.82) is 0 Å². The van der Waals surface area contributed by atoms with E-state index in [1.807, 2.05) is 19.1 Å². The third-order valence-electron chi connectivity index (χ3n) is 4.34. The van der Waals surface area contributed by atoms with Gasteiger partial charge in [0, 0.05) is 43.7 Å². The second-order valence-corrected chi connectivity index (χ2v) is 6.12. The van der Waals surface area contributed by atoms with Gasteiger partial charge in [0.1, 0.15) is 5.71 Å². The molecule has 0 radical (unpaired) electrons. The van der Waals surface area contributed by atoms with Gasteiger partial charge < -0.3 is 10.2 Å². The second kappa shape index (κ2) is 6.43. The Bertz CT molecular complexity index is 728. The lowest BCUT2D eigenvalue weighted by molar-refractivity contribution is -0.130. The molecule has 0 bridgehead atoms. The summed E-state index contributed by atoms with van der Waals surface area (Å²) in [7, 11) is 1.54. The normalized spacial score (nSPS) is 21.1. The lowest BCUT2D eigenvalue weighted by atomic mass is 10.1. The number of amides is 3. The van der Waals surface area contributed by atoms with Crippen LogP contribution < -0.4 is 10.2 Å². The molecule has 0 aromatic heterocycles. The molecule has 7 heteroatoms. The first-order valence-electron chi connectivity index (χ1n) is 8.03. The number of hydrazone groups is 1. The van der Waals surface area contributed by atoms with Crippen molar-refractivity contribution in [3.8, 4) is 0 Å². The van der Waals surface area contributed by atoms with Gasteiger partial charge >= 0.3 is 0 Å². The quantitative estimate of drug-likeness (QED) is 0.917. The summed E-state index contributed by atoms with van der Waals surface area (Å²) in [5, 5.41) is 8.00. The first-order valence-corrected chi connectivity index (χ1v) is 8.03. The van der Waals surface area contributed by atoms with Crippen molar-refractivity contribution in [1.82, 2.24) is 5.01 Å². The maximum atomic E-state index is 12.3. The molecule has 3 rings (SSSR count). The van der Waals surface area contributed by atoms with Gasteiger partial charge in [0.15, 0.2) is 0 Å². The van der Waals surface area contributed by atoms with Gasteiger partial charge in [0.25, 0.3) is 5.91 Å². The van der Waals surface area contributed by atoms with E-state index in [4.69, 9.17) is 0 Å². The van der Waals surface area contributed by atoms with Crippen molar-refractivity contribution in [2.24, 2.45) is 5.10 Å². The van der Waals surface area contributed by atoms with E-state index >= 15 is 0 Å². The maximum Gasteiger partial charge on any atom is 0.271 e. The van der Waals surface area contributed by atoms with Crippen molar-refractivity contribution < 1.29 is 14.4 Å². The summed E-state index contributed by atoms with van der Waals surface area (Å²) in [5.74, 6) is -0.329. The highest BCUT2D eigenvalue weighted by molar-refractivity contribution is 6.43. The largest absolute Gasteiger partial charge is 0.321 e. The van der Waals surface area contributed by atoms with Crippen molar-refractivity contribution in [2.45, 2.75) is 38.6 Å². The molecule has 1 unspecified atom stereocenters. The number of carbonyl (C=O) groups excluding carboxylic acids is 3. The molecule has 0 aliphatic carbocycles. The Labute approximate surface area is 140 Å². The van der Waals surface area contributed by atoms with Crippen molar-refractivity contribution in [3.63, 3.8) is 0 Å². The Hall–Kier alpha value is -2.70. The molecule has 126 valence electrons. The molecule has 24 heavy (non-hydrogen) atoms. The fraction of sp³-hybridized carbons (Fsp3) is 0.412. The number of carbonyl (C=O) groups is 3. The van der Waals surface area contributed by atoms with Gasteiger partial charge in [-0.25, -0.2) is 5.01 Å². The summed E-state index contributed by atoms with van der Waals surface area (Å²) in [6.45, 7) is 2.01. The van der Waals surface area contributed by atoms with E-state index in [0.717, 1.165) is 12.1 Å². The summed E-state index contributed by atoms with van der Waals surface area (Å²) in [6.07, 6.45) is 2.00. The molecule has 7 nitrogen and oxygen atoms in total. The van der Waals surface area contributed by atoms with Crippen LogP contribution in [0.5, 0.6) is 0 Å². The molecule has 3 amide bonds. The summed E-state index contributed by atoms with van der Waals surface area (Å²) >= 11 is 0. The van der Waals surface area contributed by atoms with Crippen molar-refractivity contribution >= 4 is 34.8 Å². The second-order valence-electron chi connectivity index (χ2n) is 6.12. The number of nitrogens with one attached hydrogen (secondary N) is 1.